The second kappa shape index (κ2) is 47.9. The van der Waals surface area contributed by atoms with Gasteiger partial charge in [-0.2, -0.15) is 0 Å². The molecule has 0 aromatic rings. The molecule has 0 fully saturated rings. The van der Waals surface area contributed by atoms with Gasteiger partial charge in [0.25, 0.3) is 0 Å². The van der Waals surface area contributed by atoms with Gasteiger partial charge in [-0.1, -0.05) is 199 Å². The van der Waals surface area contributed by atoms with E-state index in [1.807, 2.05) is 6.08 Å². The normalized spacial score (nSPS) is 14.2. The zero-order chi connectivity index (χ0) is 42.1. The first kappa shape index (κ1) is 54.5. The molecule has 0 heterocycles. The number of hydrogen-bond acceptors (Lipinski definition) is 3. The number of aliphatic hydroxyl groups excluding tert-OH is 2. The minimum Gasteiger partial charge on any atom is -0.394 e. The lowest BCUT2D eigenvalue weighted by molar-refractivity contribution is -0.123. The molecule has 0 radical (unpaired) electrons. The van der Waals surface area contributed by atoms with E-state index in [-0.39, 0.29) is 12.5 Å². The molecule has 4 nitrogen and oxygen atoms in total. The number of carbonyl (C=O) groups is 1. The smallest absolute Gasteiger partial charge is 0.220 e. The third-order valence-corrected chi connectivity index (χ3v) is 9.60. The van der Waals surface area contributed by atoms with E-state index >= 15 is 0 Å². The Morgan fingerprint density at radius 1 is 0.431 bits per heavy atom. The van der Waals surface area contributed by atoms with E-state index in [0.29, 0.717) is 6.42 Å². The quantitative estimate of drug-likeness (QED) is 0.0427. The van der Waals surface area contributed by atoms with Gasteiger partial charge in [-0.15, -0.1) is 0 Å². The second-order valence-electron chi connectivity index (χ2n) is 15.1. The molecule has 0 spiro atoms. The van der Waals surface area contributed by atoms with Crippen molar-refractivity contribution >= 4 is 5.91 Å². The van der Waals surface area contributed by atoms with Gasteiger partial charge in [-0.05, 0) is 109 Å². The van der Waals surface area contributed by atoms with Gasteiger partial charge in [-0.3, -0.25) is 4.79 Å². The third kappa shape index (κ3) is 43.6. The Morgan fingerprint density at radius 3 is 1.21 bits per heavy atom. The maximum Gasteiger partial charge on any atom is 0.220 e. The molecule has 0 aromatic carbocycles. The zero-order valence-electron chi connectivity index (χ0n) is 37.3. The standard InChI is InChI=1S/C54H87NO3/c1-3-5-7-9-11-13-15-17-19-20-21-22-23-24-25-26-27-28-29-30-31-32-33-34-36-38-40-42-44-46-48-50-54(58)55-52(51-56)53(57)49-47-45-43-41-39-37-35-18-16-14-12-10-8-6-4-2/h5,7,11,13,16-19,21-22,24-25,27-28,30-31,33-34,39,41,47,49,52-53,56-57H,3-4,6,8-10,12,14-15,20,23,26,29,32,35-38,40,42-46,48,50-51H2,1-2H3,(H,55,58)/b7-5-,13-11-,18-16+,19-17-,22-21-,25-24-,28-27-,31-30-,34-33-,41-39+,49-47+. The highest BCUT2D eigenvalue weighted by molar-refractivity contribution is 5.76. The van der Waals surface area contributed by atoms with Crippen LogP contribution in [0.3, 0.4) is 0 Å². The summed E-state index contributed by atoms with van der Waals surface area (Å²) in [5.41, 5.74) is 0. The Hall–Kier alpha value is -3.47. The van der Waals surface area contributed by atoms with Gasteiger partial charge in [0.1, 0.15) is 0 Å². The molecular weight excluding hydrogens is 711 g/mol. The van der Waals surface area contributed by atoms with Crippen LogP contribution in [-0.4, -0.2) is 34.9 Å². The molecule has 3 N–H and O–H groups in total. The SMILES string of the molecule is CC/C=C\C/C=C\C/C=C\C/C=C\C/C=C\C/C=C\C/C=C\C/C=C\CCCCCCCCC(=O)NC(CO)C(O)/C=C/CC/C=C/CC/C=C/CCCCCCC. The minimum atomic E-state index is -0.886. The molecule has 2 atom stereocenters. The molecule has 326 valence electrons. The predicted molar refractivity (Wildman–Crippen MR) is 257 cm³/mol. The molecule has 0 aliphatic rings. The van der Waals surface area contributed by atoms with Crippen LogP contribution in [0.5, 0.6) is 0 Å². The fourth-order valence-corrected chi connectivity index (χ4v) is 6.05. The lowest BCUT2D eigenvalue weighted by Crippen LogP contribution is -2.45. The van der Waals surface area contributed by atoms with Gasteiger partial charge in [0.2, 0.25) is 5.91 Å². The summed E-state index contributed by atoms with van der Waals surface area (Å²) in [6.45, 7) is 4.14. The Kier molecular flexibility index (Phi) is 45.0. The topological polar surface area (TPSA) is 69.6 Å². The van der Waals surface area contributed by atoms with E-state index in [1.54, 1.807) is 6.08 Å². The molecule has 0 aromatic heterocycles. The molecule has 4 heteroatoms. The largest absolute Gasteiger partial charge is 0.394 e. The summed E-state index contributed by atoms with van der Waals surface area (Å²) in [4.78, 5) is 12.4. The first-order chi connectivity index (χ1) is 28.7. The number of carbonyl (C=O) groups excluding carboxylic acids is 1. The Balaban J connectivity index is 3.73. The Morgan fingerprint density at radius 2 is 0.776 bits per heavy atom. The molecule has 58 heavy (non-hydrogen) atoms. The van der Waals surface area contributed by atoms with E-state index in [2.05, 4.69) is 141 Å². The van der Waals surface area contributed by atoms with Crippen molar-refractivity contribution in [1.29, 1.82) is 0 Å². The molecule has 0 saturated carbocycles. The molecule has 0 rings (SSSR count). The van der Waals surface area contributed by atoms with Crippen molar-refractivity contribution in [2.45, 2.75) is 193 Å². The highest BCUT2D eigenvalue weighted by atomic mass is 16.3. The van der Waals surface area contributed by atoms with Crippen LogP contribution in [0, 0.1) is 0 Å². The first-order valence-corrected chi connectivity index (χ1v) is 23.4. The van der Waals surface area contributed by atoms with E-state index in [0.717, 1.165) is 103 Å². The minimum absolute atomic E-state index is 0.100. The maximum atomic E-state index is 12.4. The van der Waals surface area contributed by atoms with Crippen molar-refractivity contribution in [3.8, 4) is 0 Å². The van der Waals surface area contributed by atoms with E-state index in [9.17, 15) is 15.0 Å². The average molecular weight is 798 g/mol. The van der Waals surface area contributed by atoms with Crippen molar-refractivity contribution < 1.29 is 15.0 Å². The van der Waals surface area contributed by atoms with Crippen LogP contribution in [0.2, 0.25) is 0 Å². The summed E-state index contributed by atoms with van der Waals surface area (Å²) in [6, 6.07) is -0.663. The van der Waals surface area contributed by atoms with Crippen LogP contribution in [0.1, 0.15) is 181 Å². The lowest BCUT2D eigenvalue weighted by Gasteiger charge is -2.19. The molecule has 2 unspecified atom stereocenters. The summed E-state index contributed by atoms with van der Waals surface area (Å²) in [5.74, 6) is -0.100. The summed E-state index contributed by atoms with van der Waals surface area (Å²) in [5, 5.41) is 23.0. The summed E-state index contributed by atoms with van der Waals surface area (Å²) >= 11 is 0. The second-order valence-corrected chi connectivity index (χ2v) is 15.1. The van der Waals surface area contributed by atoms with Crippen molar-refractivity contribution in [3.63, 3.8) is 0 Å². The fraction of sp³-hybridized carbons (Fsp3) is 0.574. The summed E-state index contributed by atoms with van der Waals surface area (Å²) in [6.07, 6.45) is 75.6. The van der Waals surface area contributed by atoms with Gasteiger partial charge < -0.3 is 15.5 Å². The van der Waals surface area contributed by atoms with Crippen LogP contribution in [-0.2, 0) is 4.79 Å². The van der Waals surface area contributed by atoms with Crippen LogP contribution in [0.15, 0.2) is 134 Å². The maximum absolute atomic E-state index is 12.4. The van der Waals surface area contributed by atoms with Gasteiger partial charge in [-0.25, -0.2) is 0 Å². The summed E-state index contributed by atoms with van der Waals surface area (Å²) in [7, 11) is 0. The molecule has 0 aliphatic heterocycles. The number of rotatable bonds is 40. The van der Waals surface area contributed by atoms with Crippen molar-refractivity contribution in [2.75, 3.05) is 6.61 Å². The van der Waals surface area contributed by atoms with Gasteiger partial charge in [0, 0.05) is 6.42 Å². The lowest BCUT2D eigenvalue weighted by atomic mass is 10.1. The molecule has 0 aliphatic carbocycles. The average Bonchev–Trinajstić information content (AvgIpc) is 3.23. The number of aliphatic hydroxyl groups is 2. The van der Waals surface area contributed by atoms with E-state index in [1.165, 1.54) is 57.8 Å². The van der Waals surface area contributed by atoms with Crippen molar-refractivity contribution in [3.05, 3.63) is 134 Å². The van der Waals surface area contributed by atoms with Crippen LogP contribution < -0.4 is 5.32 Å². The zero-order valence-corrected chi connectivity index (χ0v) is 37.3. The van der Waals surface area contributed by atoms with Crippen molar-refractivity contribution in [2.24, 2.45) is 0 Å². The van der Waals surface area contributed by atoms with Gasteiger partial charge in [0.15, 0.2) is 0 Å². The summed E-state index contributed by atoms with van der Waals surface area (Å²) < 4.78 is 0. The number of nitrogens with one attached hydrogen (secondary N) is 1. The van der Waals surface area contributed by atoms with Crippen LogP contribution in [0.4, 0.5) is 0 Å². The molecule has 1 amide bonds. The van der Waals surface area contributed by atoms with Gasteiger partial charge in [0.05, 0.1) is 18.8 Å². The van der Waals surface area contributed by atoms with Crippen molar-refractivity contribution in [1.82, 2.24) is 5.32 Å². The van der Waals surface area contributed by atoms with E-state index in [4.69, 9.17) is 0 Å². The molecular formula is C54H87NO3. The fourth-order valence-electron chi connectivity index (χ4n) is 6.05. The van der Waals surface area contributed by atoms with E-state index < -0.39 is 12.1 Å². The number of unbranched alkanes of at least 4 members (excludes halogenated alkanes) is 13. The number of hydrogen-bond donors (Lipinski definition) is 3. The van der Waals surface area contributed by atoms with Crippen LogP contribution >= 0.6 is 0 Å². The number of allylic oxidation sites excluding steroid dienone is 21. The molecule has 0 saturated heterocycles. The van der Waals surface area contributed by atoms with Gasteiger partial charge >= 0.3 is 0 Å². The Bertz CT molecular complexity index is 1220. The Labute approximate surface area is 358 Å². The first-order valence-electron chi connectivity index (χ1n) is 23.4. The monoisotopic (exact) mass is 798 g/mol. The highest BCUT2D eigenvalue weighted by Gasteiger charge is 2.17. The number of amides is 1. The van der Waals surface area contributed by atoms with Crippen LogP contribution in [0.25, 0.3) is 0 Å². The molecule has 0 bridgehead atoms. The highest BCUT2D eigenvalue weighted by Crippen LogP contribution is 2.10. The predicted octanol–water partition coefficient (Wildman–Crippen LogP) is 15.1. The third-order valence-electron chi connectivity index (χ3n) is 9.60.